The molecule has 0 aliphatic rings. The highest BCUT2D eigenvalue weighted by molar-refractivity contribution is 5.89. The van der Waals surface area contributed by atoms with Crippen LogP contribution in [-0.4, -0.2) is 22.0 Å². The first-order chi connectivity index (χ1) is 14.1. The first-order valence-corrected chi connectivity index (χ1v) is 9.23. The second kappa shape index (κ2) is 10.9. The number of aromatic nitrogens is 1. The number of aromatic carboxylic acids is 1. The van der Waals surface area contributed by atoms with Crippen molar-refractivity contribution in [1.29, 1.82) is 0 Å². The highest BCUT2D eigenvalue weighted by Gasteiger charge is 2.28. The molecule has 30 heavy (non-hydrogen) atoms. The number of carboxylic acids is 1. The number of carboxylic acid groups (broad SMARTS) is 1. The zero-order valence-corrected chi connectivity index (χ0v) is 17.2. The lowest BCUT2D eigenvalue weighted by Crippen LogP contribution is -2.19. The maximum atomic E-state index is 12.5. The van der Waals surface area contributed by atoms with Crippen molar-refractivity contribution >= 4 is 30.4 Å². The number of carbonyl (C=O) groups is 2. The molecule has 1 N–H and O–H groups in total. The van der Waals surface area contributed by atoms with Gasteiger partial charge >= 0.3 is 11.9 Å². The number of esters is 1. The van der Waals surface area contributed by atoms with E-state index in [0.717, 1.165) is 11.1 Å². The maximum Gasteiger partial charge on any atom is 0.337 e. The maximum absolute atomic E-state index is 12.5. The zero-order chi connectivity index (χ0) is 20.6. The molecule has 0 amide bonds. The Labute approximate surface area is 181 Å². The van der Waals surface area contributed by atoms with Crippen LogP contribution in [0.25, 0.3) is 6.08 Å². The molecule has 0 saturated heterocycles. The van der Waals surface area contributed by atoms with E-state index >= 15 is 0 Å². The first kappa shape index (κ1) is 22.8. The molecule has 1 heterocycles. The molecule has 0 saturated carbocycles. The van der Waals surface area contributed by atoms with Crippen LogP contribution in [0.4, 0.5) is 0 Å². The molecule has 0 bridgehead atoms. The number of hydrogen-bond donors (Lipinski definition) is 1. The van der Waals surface area contributed by atoms with Gasteiger partial charge in [-0.25, -0.2) is 9.59 Å². The SMILES string of the molecule is CC(c1ncccc1C(=O)O)C(OC(=O)C=Cc1ccccc1)c1ccccc1.Cl. The fourth-order valence-electron chi connectivity index (χ4n) is 3.10. The van der Waals surface area contributed by atoms with E-state index in [2.05, 4.69) is 4.98 Å². The van der Waals surface area contributed by atoms with Crippen LogP contribution in [0.15, 0.2) is 85.1 Å². The molecule has 0 fully saturated rings. The highest BCUT2D eigenvalue weighted by Crippen LogP contribution is 2.34. The Balaban J connectivity index is 0.00000320. The van der Waals surface area contributed by atoms with Gasteiger partial charge < -0.3 is 9.84 Å². The van der Waals surface area contributed by atoms with Gasteiger partial charge in [-0.2, -0.15) is 0 Å². The summed E-state index contributed by atoms with van der Waals surface area (Å²) in [6, 6.07) is 21.8. The monoisotopic (exact) mass is 423 g/mol. The van der Waals surface area contributed by atoms with Gasteiger partial charge in [0.05, 0.1) is 11.3 Å². The average molecular weight is 424 g/mol. The summed E-state index contributed by atoms with van der Waals surface area (Å²) in [5, 5.41) is 9.50. The number of halogens is 1. The Kier molecular flexibility index (Phi) is 8.32. The number of hydrogen-bond acceptors (Lipinski definition) is 4. The van der Waals surface area contributed by atoms with Crippen LogP contribution >= 0.6 is 12.4 Å². The fraction of sp³-hybridized carbons (Fsp3) is 0.125. The van der Waals surface area contributed by atoms with E-state index in [1.165, 1.54) is 18.3 Å². The molecule has 0 aliphatic heterocycles. The summed E-state index contributed by atoms with van der Waals surface area (Å²) in [7, 11) is 0. The van der Waals surface area contributed by atoms with Crippen molar-refractivity contribution in [3.8, 4) is 0 Å². The molecule has 5 nitrogen and oxygen atoms in total. The van der Waals surface area contributed by atoms with E-state index in [-0.39, 0.29) is 18.0 Å². The highest BCUT2D eigenvalue weighted by atomic mass is 35.5. The van der Waals surface area contributed by atoms with Crippen molar-refractivity contribution in [3.05, 3.63) is 107 Å². The number of nitrogens with zero attached hydrogens (tertiary/aromatic N) is 1. The van der Waals surface area contributed by atoms with Crippen molar-refractivity contribution in [3.63, 3.8) is 0 Å². The van der Waals surface area contributed by atoms with Crippen molar-refractivity contribution in [2.45, 2.75) is 18.9 Å². The minimum Gasteiger partial charge on any atom is -0.478 e. The van der Waals surface area contributed by atoms with Crippen molar-refractivity contribution < 1.29 is 19.4 Å². The van der Waals surface area contributed by atoms with Crippen LogP contribution in [-0.2, 0) is 9.53 Å². The summed E-state index contributed by atoms with van der Waals surface area (Å²) < 4.78 is 5.75. The lowest BCUT2D eigenvalue weighted by molar-refractivity contribution is -0.144. The first-order valence-electron chi connectivity index (χ1n) is 9.23. The smallest absolute Gasteiger partial charge is 0.337 e. The van der Waals surface area contributed by atoms with E-state index in [9.17, 15) is 14.7 Å². The number of rotatable bonds is 7. The lowest BCUT2D eigenvalue weighted by Gasteiger charge is -2.24. The third-order valence-electron chi connectivity index (χ3n) is 4.54. The van der Waals surface area contributed by atoms with Gasteiger partial charge in [0.15, 0.2) is 0 Å². The van der Waals surface area contributed by atoms with E-state index in [0.29, 0.717) is 5.69 Å². The van der Waals surface area contributed by atoms with Crippen LogP contribution in [0.3, 0.4) is 0 Å². The number of pyridine rings is 1. The number of benzene rings is 2. The van der Waals surface area contributed by atoms with Crippen LogP contribution < -0.4 is 0 Å². The summed E-state index contributed by atoms with van der Waals surface area (Å²) in [5.74, 6) is -2.04. The van der Waals surface area contributed by atoms with Gasteiger partial charge in [0.25, 0.3) is 0 Å². The second-order valence-corrected chi connectivity index (χ2v) is 6.54. The van der Waals surface area contributed by atoms with Crippen LogP contribution in [0.2, 0.25) is 0 Å². The largest absolute Gasteiger partial charge is 0.478 e. The summed E-state index contributed by atoms with van der Waals surface area (Å²) >= 11 is 0. The minimum absolute atomic E-state index is 0. The predicted octanol–water partition coefficient (Wildman–Crippen LogP) is 5.30. The van der Waals surface area contributed by atoms with E-state index in [1.807, 2.05) is 60.7 Å². The Morgan fingerprint density at radius 1 is 0.967 bits per heavy atom. The lowest BCUT2D eigenvalue weighted by atomic mass is 9.91. The molecule has 1 aromatic heterocycles. The van der Waals surface area contributed by atoms with Gasteiger partial charge in [0.1, 0.15) is 6.10 Å². The van der Waals surface area contributed by atoms with Crippen LogP contribution in [0.5, 0.6) is 0 Å². The van der Waals surface area contributed by atoms with Crippen molar-refractivity contribution in [2.24, 2.45) is 0 Å². The van der Waals surface area contributed by atoms with E-state index in [4.69, 9.17) is 4.74 Å². The molecule has 2 aromatic carbocycles. The Morgan fingerprint density at radius 2 is 1.60 bits per heavy atom. The van der Waals surface area contributed by atoms with Gasteiger partial charge in [0.2, 0.25) is 0 Å². The third kappa shape index (κ3) is 5.78. The van der Waals surface area contributed by atoms with Crippen molar-refractivity contribution in [1.82, 2.24) is 4.98 Å². The molecule has 6 heteroatoms. The molecule has 3 rings (SSSR count). The third-order valence-corrected chi connectivity index (χ3v) is 4.54. The topological polar surface area (TPSA) is 76.5 Å². The number of ether oxygens (including phenoxy) is 1. The molecule has 3 aromatic rings. The average Bonchev–Trinajstić information content (AvgIpc) is 2.77. The van der Waals surface area contributed by atoms with Gasteiger partial charge in [-0.05, 0) is 29.3 Å². The van der Waals surface area contributed by atoms with Gasteiger partial charge in [-0.15, -0.1) is 12.4 Å². The van der Waals surface area contributed by atoms with Gasteiger partial charge in [-0.3, -0.25) is 4.98 Å². The standard InChI is InChI=1S/C24H21NO4.ClH/c1-17(22-20(24(27)28)13-8-16-25-22)23(19-11-6-3-7-12-19)29-21(26)15-14-18-9-4-2-5-10-18;/h2-17,23H,1H3,(H,27,28);1H. The van der Waals surface area contributed by atoms with Gasteiger partial charge in [0, 0.05) is 18.2 Å². The Hall–Kier alpha value is -3.44. The van der Waals surface area contributed by atoms with Gasteiger partial charge in [-0.1, -0.05) is 67.6 Å². The van der Waals surface area contributed by atoms with E-state index < -0.39 is 24.0 Å². The summed E-state index contributed by atoms with van der Waals surface area (Å²) in [6.45, 7) is 1.81. The summed E-state index contributed by atoms with van der Waals surface area (Å²) in [5.41, 5.74) is 2.11. The molecule has 2 atom stereocenters. The molecular formula is C24H22ClNO4. The molecule has 0 spiro atoms. The van der Waals surface area contributed by atoms with Crippen LogP contribution in [0.1, 0.15) is 46.1 Å². The molecular weight excluding hydrogens is 402 g/mol. The van der Waals surface area contributed by atoms with E-state index in [1.54, 1.807) is 19.1 Å². The minimum atomic E-state index is -1.07. The quantitative estimate of drug-likeness (QED) is 0.412. The molecule has 154 valence electrons. The van der Waals surface area contributed by atoms with Crippen molar-refractivity contribution in [2.75, 3.05) is 0 Å². The van der Waals surface area contributed by atoms with Crippen LogP contribution in [0, 0.1) is 0 Å². The summed E-state index contributed by atoms with van der Waals surface area (Å²) in [6.07, 6.45) is 3.90. The molecule has 0 radical (unpaired) electrons. The molecule has 0 aliphatic carbocycles. The Bertz CT molecular complexity index is 1010. The number of carbonyl (C=O) groups excluding carboxylic acids is 1. The normalized spacial score (nSPS) is 12.6. The predicted molar refractivity (Wildman–Crippen MR) is 118 cm³/mol. The second-order valence-electron chi connectivity index (χ2n) is 6.54. The fourth-order valence-corrected chi connectivity index (χ4v) is 3.10. The Morgan fingerprint density at radius 3 is 2.23 bits per heavy atom. The zero-order valence-electron chi connectivity index (χ0n) is 16.3. The summed E-state index contributed by atoms with van der Waals surface area (Å²) in [4.78, 5) is 28.4. The molecule has 2 unspecified atom stereocenters.